The molecule has 4 nitrogen and oxygen atoms in total. The van der Waals surface area contributed by atoms with Crippen LogP contribution in [-0.2, 0) is 11.2 Å². The van der Waals surface area contributed by atoms with E-state index in [0.29, 0.717) is 6.04 Å². The van der Waals surface area contributed by atoms with E-state index in [4.69, 9.17) is 5.11 Å². The third-order valence-electron chi connectivity index (χ3n) is 3.39. The minimum Gasteiger partial charge on any atom is -0.481 e. The van der Waals surface area contributed by atoms with Crippen molar-refractivity contribution < 1.29 is 9.90 Å². The lowest BCUT2D eigenvalue weighted by Gasteiger charge is -2.14. The molecule has 0 atom stereocenters. The minimum atomic E-state index is -0.789. The first-order valence-corrected chi connectivity index (χ1v) is 7.41. The van der Waals surface area contributed by atoms with E-state index in [0.717, 1.165) is 15.7 Å². The number of nitrogens with zero attached hydrogens (tertiary/aromatic N) is 1. The smallest absolute Gasteiger partial charge is 0.308 e. The highest BCUT2D eigenvalue weighted by Crippen LogP contribution is 2.26. The average molecular weight is 268 g/mol. The van der Waals surface area contributed by atoms with Crippen LogP contribution in [0.5, 0.6) is 0 Å². The number of carboxylic acid groups (broad SMARTS) is 1. The van der Waals surface area contributed by atoms with Gasteiger partial charge in [-0.1, -0.05) is 25.7 Å². The zero-order chi connectivity index (χ0) is 13.0. The molecule has 0 saturated heterocycles. The summed E-state index contributed by atoms with van der Waals surface area (Å²) < 4.78 is 0. The van der Waals surface area contributed by atoms with Gasteiger partial charge in [0.1, 0.15) is 0 Å². The summed E-state index contributed by atoms with van der Waals surface area (Å²) in [5.41, 5.74) is 0.846. The molecule has 0 spiro atoms. The molecule has 0 aliphatic heterocycles. The summed E-state index contributed by atoms with van der Waals surface area (Å²) in [4.78, 5) is 16.0. The van der Waals surface area contributed by atoms with Crippen molar-refractivity contribution in [3.05, 3.63) is 10.6 Å². The van der Waals surface area contributed by atoms with Gasteiger partial charge < -0.3 is 10.4 Å². The van der Waals surface area contributed by atoms with Crippen molar-refractivity contribution in [1.29, 1.82) is 0 Å². The van der Waals surface area contributed by atoms with Crippen LogP contribution in [0.3, 0.4) is 0 Å². The summed E-state index contributed by atoms with van der Waals surface area (Å²) in [5, 5.41) is 13.2. The molecule has 0 aromatic carbocycles. The maximum atomic E-state index is 10.7. The van der Waals surface area contributed by atoms with Gasteiger partial charge in [0.2, 0.25) is 0 Å². The van der Waals surface area contributed by atoms with Crippen LogP contribution in [0.1, 0.15) is 49.1 Å². The topological polar surface area (TPSA) is 62.2 Å². The third-order valence-corrected chi connectivity index (χ3v) is 4.48. The molecule has 1 heterocycles. The third kappa shape index (κ3) is 3.70. The van der Waals surface area contributed by atoms with Crippen molar-refractivity contribution in [2.75, 3.05) is 5.32 Å². The Labute approximate surface area is 111 Å². The second-order valence-electron chi connectivity index (χ2n) is 4.93. The Morgan fingerprint density at radius 1 is 1.39 bits per heavy atom. The average Bonchev–Trinajstić information content (AvgIpc) is 2.53. The van der Waals surface area contributed by atoms with Crippen molar-refractivity contribution in [3.8, 4) is 0 Å². The van der Waals surface area contributed by atoms with E-state index in [2.05, 4.69) is 10.3 Å². The van der Waals surface area contributed by atoms with Crippen molar-refractivity contribution in [3.63, 3.8) is 0 Å². The molecule has 0 unspecified atom stereocenters. The molecule has 100 valence electrons. The SMILES string of the molecule is Cc1nc(NC2CCCCCC2)sc1CC(=O)O. The van der Waals surface area contributed by atoms with Gasteiger partial charge in [0.25, 0.3) is 0 Å². The standard InChI is InChI=1S/C13H20N2O2S/c1-9-11(8-12(16)17)18-13(14-9)15-10-6-4-2-3-5-7-10/h10H,2-8H2,1H3,(H,14,15)(H,16,17). The molecule has 2 rings (SSSR count). The minimum absolute atomic E-state index is 0.0792. The summed E-state index contributed by atoms with van der Waals surface area (Å²) >= 11 is 1.49. The largest absolute Gasteiger partial charge is 0.481 e. The number of hydrogen-bond donors (Lipinski definition) is 2. The number of anilines is 1. The van der Waals surface area contributed by atoms with Gasteiger partial charge in [-0.25, -0.2) is 4.98 Å². The summed E-state index contributed by atoms with van der Waals surface area (Å²) in [6.07, 6.45) is 7.71. The van der Waals surface area contributed by atoms with E-state index >= 15 is 0 Å². The number of carbonyl (C=O) groups is 1. The fourth-order valence-corrected chi connectivity index (χ4v) is 3.42. The number of nitrogens with one attached hydrogen (secondary N) is 1. The summed E-state index contributed by atoms with van der Waals surface area (Å²) in [5.74, 6) is -0.789. The molecular formula is C13H20N2O2S. The zero-order valence-electron chi connectivity index (χ0n) is 10.7. The van der Waals surface area contributed by atoms with Crippen molar-refractivity contribution in [1.82, 2.24) is 4.98 Å². The first kappa shape index (κ1) is 13.3. The van der Waals surface area contributed by atoms with Crippen LogP contribution in [0.4, 0.5) is 5.13 Å². The van der Waals surface area contributed by atoms with Gasteiger partial charge in [0.05, 0.1) is 12.1 Å². The Morgan fingerprint density at radius 2 is 2.06 bits per heavy atom. The van der Waals surface area contributed by atoms with Gasteiger partial charge in [-0.15, -0.1) is 11.3 Å². The van der Waals surface area contributed by atoms with E-state index in [1.807, 2.05) is 6.92 Å². The Hall–Kier alpha value is -1.10. The van der Waals surface area contributed by atoms with Crippen LogP contribution in [0.25, 0.3) is 0 Å². The quantitative estimate of drug-likeness (QED) is 0.823. The number of aliphatic carboxylic acids is 1. The van der Waals surface area contributed by atoms with Crippen molar-refractivity contribution in [2.24, 2.45) is 0 Å². The molecule has 0 amide bonds. The molecule has 5 heteroatoms. The van der Waals surface area contributed by atoms with E-state index in [1.54, 1.807) is 0 Å². The lowest BCUT2D eigenvalue weighted by molar-refractivity contribution is -0.136. The van der Waals surface area contributed by atoms with E-state index in [1.165, 1.54) is 49.9 Å². The van der Waals surface area contributed by atoms with Gasteiger partial charge in [0, 0.05) is 10.9 Å². The molecule has 1 aliphatic rings. The second-order valence-corrected chi connectivity index (χ2v) is 6.01. The summed E-state index contributed by atoms with van der Waals surface area (Å²) in [6, 6.07) is 0.510. The number of thiazole rings is 1. The number of rotatable bonds is 4. The Kier molecular flexibility index (Phi) is 4.58. The maximum absolute atomic E-state index is 10.7. The van der Waals surface area contributed by atoms with Crippen molar-refractivity contribution >= 4 is 22.4 Å². The van der Waals surface area contributed by atoms with Gasteiger partial charge in [-0.3, -0.25) is 4.79 Å². The van der Waals surface area contributed by atoms with Crippen LogP contribution < -0.4 is 5.32 Å². The number of carboxylic acids is 1. The van der Waals surface area contributed by atoms with Crippen LogP contribution in [0.2, 0.25) is 0 Å². The maximum Gasteiger partial charge on any atom is 0.308 e. The predicted molar refractivity (Wildman–Crippen MR) is 73.3 cm³/mol. The zero-order valence-corrected chi connectivity index (χ0v) is 11.6. The Balaban J connectivity index is 1.98. The normalized spacial score (nSPS) is 17.4. The molecule has 1 aromatic rings. The molecule has 0 radical (unpaired) electrons. The van der Waals surface area contributed by atoms with E-state index in [-0.39, 0.29) is 6.42 Å². The number of hydrogen-bond acceptors (Lipinski definition) is 4. The first-order valence-electron chi connectivity index (χ1n) is 6.60. The van der Waals surface area contributed by atoms with Gasteiger partial charge in [-0.2, -0.15) is 0 Å². The molecule has 1 fully saturated rings. The fourth-order valence-electron chi connectivity index (χ4n) is 2.39. The van der Waals surface area contributed by atoms with Crippen LogP contribution in [-0.4, -0.2) is 22.1 Å². The van der Waals surface area contributed by atoms with Crippen LogP contribution in [0.15, 0.2) is 0 Å². The fraction of sp³-hybridized carbons (Fsp3) is 0.692. The lowest BCUT2D eigenvalue weighted by atomic mass is 10.1. The van der Waals surface area contributed by atoms with Crippen LogP contribution >= 0.6 is 11.3 Å². The number of aryl methyl sites for hydroxylation is 1. The lowest BCUT2D eigenvalue weighted by Crippen LogP contribution is -2.17. The monoisotopic (exact) mass is 268 g/mol. The highest BCUT2D eigenvalue weighted by atomic mass is 32.1. The molecule has 18 heavy (non-hydrogen) atoms. The van der Waals surface area contributed by atoms with E-state index in [9.17, 15) is 4.79 Å². The molecule has 1 saturated carbocycles. The van der Waals surface area contributed by atoms with E-state index < -0.39 is 5.97 Å². The Morgan fingerprint density at radius 3 is 2.67 bits per heavy atom. The Bertz CT molecular complexity index is 409. The molecule has 1 aromatic heterocycles. The predicted octanol–water partition coefficient (Wildman–Crippen LogP) is 3.21. The number of aromatic nitrogens is 1. The second kappa shape index (κ2) is 6.18. The first-order chi connectivity index (χ1) is 8.65. The van der Waals surface area contributed by atoms with Crippen LogP contribution in [0, 0.1) is 6.92 Å². The molecule has 0 bridgehead atoms. The molecular weight excluding hydrogens is 248 g/mol. The molecule has 2 N–H and O–H groups in total. The highest BCUT2D eigenvalue weighted by Gasteiger charge is 2.15. The van der Waals surface area contributed by atoms with Crippen molar-refractivity contribution in [2.45, 2.75) is 57.9 Å². The molecule has 1 aliphatic carbocycles. The van der Waals surface area contributed by atoms with Gasteiger partial charge in [-0.05, 0) is 19.8 Å². The van der Waals surface area contributed by atoms with Gasteiger partial charge in [0.15, 0.2) is 5.13 Å². The van der Waals surface area contributed by atoms with Gasteiger partial charge >= 0.3 is 5.97 Å². The summed E-state index contributed by atoms with van der Waals surface area (Å²) in [7, 11) is 0. The summed E-state index contributed by atoms with van der Waals surface area (Å²) in [6.45, 7) is 1.88. The highest BCUT2D eigenvalue weighted by molar-refractivity contribution is 7.15.